The van der Waals surface area contributed by atoms with Gasteiger partial charge in [0.25, 0.3) is 0 Å². The number of hydrogen-bond donors (Lipinski definition) is 6. The molecule has 1 saturated heterocycles. The largest absolute Gasteiger partial charge is 0.479 e. The molecule has 1 heterocycles. The van der Waals surface area contributed by atoms with Crippen LogP contribution in [0.5, 0.6) is 0 Å². The summed E-state index contributed by atoms with van der Waals surface area (Å²) in [6, 6.07) is -1.30. The highest BCUT2D eigenvalue weighted by Gasteiger charge is 2.47. The molecule has 2 unspecified atom stereocenters. The van der Waals surface area contributed by atoms with Gasteiger partial charge in [0, 0.05) is 0 Å². The Morgan fingerprint density at radius 1 is 1.33 bits per heavy atom. The molecule has 1 aliphatic rings. The maximum atomic E-state index is 11.2. The number of nitrogens with one attached hydrogen (secondary N) is 1. The lowest BCUT2D eigenvalue weighted by atomic mass is 9.96. The van der Waals surface area contributed by atoms with Crippen molar-refractivity contribution in [3.63, 3.8) is 0 Å². The van der Waals surface area contributed by atoms with E-state index in [1.165, 1.54) is 6.92 Å². The number of aliphatic hydroxyl groups is 4. The Balaban J connectivity index is 2.93. The average molecular weight is 309 g/mol. The SMILES string of the molecule is CC(O[C@H]1[C@H](O)[C@@H](CO)OC(O)[C@@H]1NC(=O)CO)C(=O)O. The summed E-state index contributed by atoms with van der Waals surface area (Å²) in [5.41, 5.74) is 0. The molecule has 0 spiro atoms. The molecule has 1 fully saturated rings. The first-order valence-corrected chi connectivity index (χ1v) is 6.22. The molecule has 0 aliphatic carbocycles. The third-order valence-corrected chi connectivity index (χ3v) is 3.05. The van der Waals surface area contributed by atoms with Crippen molar-refractivity contribution in [1.29, 1.82) is 0 Å². The highest BCUT2D eigenvalue weighted by atomic mass is 16.6. The quantitative estimate of drug-likeness (QED) is 0.290. The van der Waals surface area contributed by atoms with Crippen molar-refractivity contribution in [1.82, 2.24) is 5.32 Å². The van der Waals surface area contributed by atoms with Crippen molar-refractivity contribution < 1.29 is 44.6 Å². The topological polar surface area (TPSA) is 166 Å². The van der Waals surface area contributed by atoms with Crippen LogP contribution in [0.4, 0.5) is 0 Å². The molecule has 1 aliphatic heterocycles. The number of ether oxygens (including phenoxy) is 2. The van der Waals surface area contributed by atoms with Crippen molar-refractivity contribution in [3.8, 4) is 0 Å². The second-order valence-corrected chi connectivity index (χ2v) is 4.57. The Morgan fingerprint density at radius 2 is 1.95 bits per heavy atom. The average Bonchev–Trinajstić information content (AvgIpc) is 2.45. The summed E-state index contributed by atoms with van der Waals surface area (Å²) < 4.78 is 10.0. The molecule has 10 heteroatoms. The summed E-state index contributed by atoms with van der Waals surface area (Å²) in [7, 11) is 0. The first-order valence-electron chi connectivity index (χ1n) is 6.22. The Morgan fingerprint density at radius 3 is 2.43 bits per heavy atom. The van der Waals surface area contributed by atoms with Gasteiger partial charge in [-0.05, 0) is 6.92 Å². The number of carboxylic acids is 1. The van der Waals surface area contributed by atoms with Gasteiger partial charge in [-0.1, -0.05) is 0 Å². The molecule has 21 heavy (non-hydrogen) atoms. The molecule has 0 saturated carbocycles. The van der Waals surface area contributed by atoms with E-state index in [1.807, 2.05) is 0 Å². The van der Waals surface area contributed by atoms with E-state index < -0.39 is 61.8 Å². The van der Waals surface area contributed by atoms with Gasteiger partial charge >= 0.3 is 5.97 Å². The van der Waals surface area contributed by atoms with Gasteiger partial charge in [-0.25, -0.2) is 4.79 Å². The summed E-state index contributed by atoms with van der Waals surface area (Å²) in [6.45, 7) is -0.306. The van der Waals surface area contributed by atoms with E-state index >= 15 is 0 Å². The Kier molecular flexibility index (Phi) is 6.45. The molecule has 0 aromatic carbocycles. The van der Waals surface area contributed by atoms with E-state index in [9.17, 15) is 19.8 Å². The minimum absolute atomic E-state index is 0.639. The van der Waals surface area contributed by atoms with E-state index in [0.29, 0.717) is 0 Å². The second kappa shape index (κ2) is 7.64. The Labute approximate surface area is 119 Å². The third kappa shape index (κ3) is 4.33. The molecule has 1 amide bonds. The van der Waals surface area contributed by atoms with Gasteiger partial charge in [-0.3, -0.25) is 4.79 Å². The molecule has 122 valence electrons. The van der Waals surface area contributed by atoms with E-state index in [4.69, 9.17) is 24.8 Å². The molecular formula is C11H19NO9. The van der Waals surface area contributed by atoms with Crippen LogP contribution in [-0.2, 0) is 19.1 Å². The van der Waals surface area contributed by atoms with Gasteiger partial charge in [0.2, 0.25) is 5.91 Å². The Hall–Kier alpha value is -1.30. The van der Waals surface area contributed by atoms with E-state index in [-0.39, 0.29) is 0 Å². The first kappa shape index (κ1) is 17.8. The number of rotatable bonds is 6. The minimum Gasteiger partial charge on any atom is -0.479 e. The molecule has 0 radical (unpaired) electrons. The zero-order valence-electron chi connectivity index (χ0n) is 11.2. The van der Waals surface area contributed by atoms with Crippen molar-refractivity contribution in [2.24, 2.45) is 0 Å². The Bertz CT molecular complexity index is 377. The lowest BCUT2D eigenvalue weighted by Crippen LogP contribution is -2.65. The summed E-state index contributed by atoms with van der Waals surface area (Å²) in [5, 5.41) is 48.5. The fourth-order valence-electron chi connectivity index (χ4n) is 1.93. The monoisotopic (exact) mass is 309 g/mol. The summed E-state index contributed by atoms with van der Waals surface area (Å²) in [5.74, 6) is -2.18. The number of aliphatic hydroxyl groups excluding tert-OH is 4. The summed E-state index contributed by atoms with van der Waals surface area (Å²) in [6.07, 6.45) is -7.00. The fraction of sp³-hybridized carbons (Fsp3) is 0.818. The molecule has 0 bridgehead atoms. The van der Waals surface area contributed by atoms with E-state index in [1.54, 1.807) is 0 Å². The number of aliphatic carboxylic acids is 1. The van der Waals surface area contributed by atoms with Crippen LogP contribution in [0.25, 0.3) is 0 Å². The number of carboxylic acid groups (broad SMARTS) is 1. The van der Waals surface area contributed by atoms with Crippen LogP contribution in [-0.4, -0.2) is 87.4 Å². The van der Waals surface area contributed by atoms with Crippen LogP contribution >= 0.6 is 0 Å². The fourth-order valence-corrected chi connectivity index (χ4v) is 1.93. The van der Waals surface area contributed by atoms with Crippen molar-refractivity contribution in [3.05, 3.63) is 0 Å². The van der Waals surface area contributed by atoms with Crippen molar-refractivity contribution in [2.45, 2.75) is 43.7 Å². The first-order chi connectivity index (χ1) is 9.81. The van der Waals surface area contributed by atoms with Crippen molar-refractivity contribution >= 4 is 11.9 Å². The smallest absolute Gasteiger partial charge is 0.332 e. The molecule has 6 atom stereocenters. The van der Waals surface area contributed by atoms with Crippen LogP contribution in [0.2, 0.25) is 0 Å². The normalized spacial score (nSPS) is 34.2. The summed E-state index contributed by atoms with van der Waals surface area (Å²) >= 11 is 0. The number of hydrogen-bond acceptors (Lipinski definition) is 8. The molecule has 10 nitrogen and oxygen atoms in total. The molecule has 1 rings (SSSR count). The molecule has 0 aromatic rings. The lowest BCUT2D eigenvalue weighted by Gasteiger charge is -2.42. The van der Waals surface area contributed by atoms with Gasteiger partial charge in [-0.2, -0.15) is 0 Å². The number of carbonyl (C=O) groups is 2. The lowest BCUT2D eigenvalue weighted by molar-refractivity contribution is -0.267. The standard InChI is InChI=1S/C11H19NO9/c1-4(10(17)18)20-9-7(12-6(15)3-14)11(19)21-5(2-13)8(9)16/h4-5,7-9,11,13-14,16,19H,2-3H2,1H3,(H,12,15)(H,17,18)/t4?,5-,7-,8-,9-,11?/m1/s1. The van der Waals surface area contributed by atoms with E-state index in [2.05, 4.69) is 5.32 Å². The maximum absolute atomic E-state index is 11.2. The molecule has 6 N–H and O–H groups in total. The maximum Gasteiger partial charge on any atom is 0.332 e. The van der Waals surface area contributed by atoms with Crippen molar-refractivity contribution in [2.75, 3.05) is 13.2 Å². The second-order valence-electron chi connectivity index (χ2n) is 4.57. The molecular weight excluding hydrogens is 290 g/mol. The van der Waals surface area contributed by atoms with Gasteiger partial charge in [0.1, 0.15) is 31.0 Å². The minimum atomic E-state index is -1.65. The zero-order valence-corrected chi connectivity index (χ0v) is 11.2. The predicted molar refractivity (Wildman–Crippen MR) is 65.0 cm³/mol. The third-order valence-electron chi connectivity index (χ3n) is 3.05. The number of carbonyl (C=O) groups excluding carboxylic acids is 1. The van der Waals surface area contributed by atoms with Crippen LogP contribution < -0.4 is 5.32 Å². The van der Waals surface area contributed by atoms with Crippen LogP contribution in [0.1, 0.15) is 6.92 Å². The van der Waals surface area contributed by atoms with Crippen LogP contribution in [0.3, 0.4) is 0 Å². The predicted octanol–water partition coefficient (Wildman–Crippen LogP) is -3.61. The van der Waals surface area contributed by atoms with Gasteiger partial charge in [-0.15, -0.1) is 0 Å². The van der Waals surface area contributed by atoms with Gasteiger partial charge in [0.05, 0.1) is 6.61 Å². The van der Waals surface area contributed by atoms with Gasteiger partial charge in [0.15, 0.2) is 12.4 Å². The summed E-state index contributed by atoms with van der Waals surface area (Å²) in [4.78, 5) is 22.0. The zero-order chi connectivity index (χ0) is 16.2. The van der Waals surface area contributed by atoms with Gasteiger partial charge < -0.3 is 40.3 Å². The highest BCUT2D eigenvalue weighted by molar-refractivity contribution is 5.77. The van der Waals surface area contributed by atoms with E-state index in [0.717, 1.165) is 0 Å². The van der Waals surface area contributed by atoms with Crippen LogP contribution in [0.15, 0.2) is 0 Å². The van der Waals surface area contributed by atoms with Crippen LogP contribution in [0, 0.1) is 0 Å². The number of amides is 1. The highest BCUT2D eigenvalue weighted by Crippen LogP contribution is 2.23. The molecule has 0 aromatic heterocycles.